The lowest BCUT2D eigenvalue weighted by atomic mass is 10.0. The zero-order valence-electron chi connectivity index (χ0n) is 14.2. The van der Waals surface area contributed by atoms with Crippen molar-refractivity contribution in [3.8, 4) is 11.3 Å². The number of aromatic nitrogens is 3. The number of benzene rings is 1. The van der Waals surface area contributed by atoms with Gasteiger partial charge in [-0.05, 0) is 19.4 Å². The van der Waals surface area contributed by atoms with Crippen LogP contribution in [0.2, 0.25) is 0 Å². The van der Waals surface area contributed by atoms with Gasteiger partial charge in [0.15, 0.2) is 0 Å². The van der Waals surface area contributed by atoms with Gasteiger partial charge in [0.2, 0.25) is 0 Å². The molecule has 6 heteroatoms. The number of hydrogen-bond donors (Lipinski definition) is 2. The molecule has 2 atom stereocenters. The largest absolute Gasteiger partial charge is 0.391 e. The molecule has 3 aromatic rings. The van der Waals surface area contributed by atoms with Gasteiger partial charge >= 0.3 is 0 Å². The van der Waals surface area contributed by atoms with Gasteiger partial charge in [0.25, 0.3) is 0 Å². The van der Waals surface area contributed by atoms with Crippen molar-refractivity contribution in [2.45, 2.75) is 26.0 Å². The Labute approximate surface area is 151 Å². The van der Waals surface area contributed by atoms with Crippen LogP contribution in [0.1, 0.15) is 16.4 Å². The van der Waals surface area contributed by atoms with Gasteiger partial charge < -0.3 is 5.11 Å². The molecule has 1 aliphatic rings. The summed E-state index contributed by atoms with van der Waals surface area (Å²) < 4.78 is 0. The van der Waals surface area contributed by atoms with Crippen molar-refractivity contribution >= 4 is 11.3 Å². The number of β-amino-alcohol motifs (C(OH)–C–C–N with tert-alkyl or cyclic N) is 1. The van der Waals surface area contributed by atoms with Crippen LogP contribution in [0, 0.1) is 12.8 Å². The number of aromatic amines is 1. The van der Waals surface area contributed by atoms with E-state index in [1.807, 2.05) is 25.1 Å². The molecular formula is C19H22N4OS. The highest BCUT2D eigenvalue weighted by molar-refractivity contribution is 7.09. The Bertz CT molecular complexity index is 829. The van der Waals surface area contributed by atoms with Gasteiger partial charge in [-0.1, -0.05) is 30.3 Å². The average Bonchev–Trinajstić information content (AvgIpc) is 3.31. The predicted octanol–water partition coefficient (Wildman–Crippen LogP) is 2.88. The van der Waals surface area contributed by atoms with Crippen molar-refractivity contribution in [1.29, 1.82) is 0 Å². The molecule has 3 heterocycles. The van der Waals surface area contributed by atoms with Crippen LogP contribution >= 0.6 is 11.3 Å². The summed E-state index contributed by atoms with van der Waals surface area (Å²) in [6, 6.07) is 12.3. The summed E-state index contributed by atoms with van der Waals surface area (Å²) in [4.78, 5) is 7.05. The van der Waals surface area contributed by atoms with Gasteiger partial charge in [-0.25, -0.2) is 4.98 Å². The van der Waals surface area contributed by atoms with Crippen molar-refractivity contribution in [3.63, 3.8) is 0 Å². The third-order valence-electron chi connectivity index (χ3n) is 4.69. The number of rotatable bonds is 5. The summed E-state index contributed by atoms with van der Waals surface area (Å²) in [5, 5.41) is 20.9. The maximum absolute atomic E-state index is 10.4. The molecule has 0 unspecified atom stereocenters. The quantitative estimate of drug-likeness (QED) is 0.739. The zero-order valence-corrected chi connectivity index (χ0v) is 15.0. The van der Waals surface area contributed by atoms with Crippen LogP contribution in [0.5, 0.6) is 0 Å². The SMILES string of the molecule is Cc1cc(C[C@@H]2CN(Cc3nc(-c4ccccc4)cs3)C[C@H]2O)n[nH]1. The molecule has 1 aliphatic heterocycles. The number of hydrogen-bond acceptors (Lipinski definition) is 5. The molecule has 0 radical (unpaired) electrons. The molecule has 0 saturated carbocycles. The summed E-state index contributed by atoms with van der Waals surface area (Å²) in [6.45, 7) is 4.38. The van der Waals surface area contributed by atoms with Crippen molar-refractivity contribution in [3.05, 3.63) is 58.2 Å². The van der Waals surface area contributed by atoms with Crippen LogP contribution < -0.4 is 0 Å². The zero-order chi connectivity index (χ0) is 17.2. The maximum atomic E-state index is 10.4. The minimum Gasteiger partial charge on any atom is -0.391 e. The second-order valence-corrected chi connectivity index (χ2v) is 7.70. The van der Waals surface area contributed by atoms with Crippen LogP contribution in [-0.4, -0.2) is 44.4 Å². The topological polar surface area (TPSA) is 65.0 Å². The average molecular weight is 354 g/mol. The molecule has 2 N–H and O–H groups in total. The molecule has 5 nitrogen and oxygen atoms in total. The number of H-pyrrole nitrogens is 1. The molecule has 25 heavy (non-hydrogen) atoms. The van der Waals surface area contributed by atoms with Crippen LogP contribution in [0.3, 0.4) is 0 Å². The van der Waals surface area contributed by atoms with Gasteiger partial charge in [0.05, 0.1) is 24.0 Å². The summed E-state index contributed by atoms with van der Waals surface area (Å²) in [5.74, 6) is 0.233. The maximum Gasteiger partial charge on any atom is 0.107 e. The smallest absolute Gasteiger partial charge is 0.107 e. The summed E-state index contributed by atoms with van der Waals surface area (Å²) >= 11 is 1.69. The monoisotopic (exact) mass is 354 g/mol. The third kappa shape index (κ3) is 3.81. The van der Waals surface area contributed by atoms with Crippen LogP contribution in [0.15, 0.2) is 41.8 Å². The van der Waals surface area contributed by atoms with Gasteiger partial charge in [-0.2, -0.15) is 5.10 Å². The number of aryl methyl sites for hydroxylation is 1. The predicted molar refractivity (Wildman–Crippen MR) is 99.4 cm³/mol. The van der Waals surface area contributed by atoms with Gasteiger partial charge in [0, 0.05) is 35.6 Å². The Morgan fingerprint density at radius 2 is 2.12 bits per heavy atom. The van der Waals surface area contributed by atoms with Gasteiger partial charge in [0.1, 0.15) is 5.01 Å². The fraction of sp³-hybridized carbons (Fsp3) is 0.368. The van der Waals surface area contributed by atoms with Crippen molar-refractivity contribution in [1.82, 2.24) is 20.1 Å². The second kappa shape index (κ2) is 7.07. The Morgan fingerprint density at radius 3 is 2.88 bits per heavy atom. The van der Waals surface area contributed by atoms with E-state index in [2.05, 4.69) is 38.7 Å². The first-order chi connectivity index (χ1) is 12.2. The highest BCUT2D eigenvalue weighted by Gasteiger charge is 2.32. The van der Waals surface area contributed by atoms with E-state index in [-0.39, 0.29) is 12.0 Å². The first-order valence-electron chi connectivity index (χ1n) is 8.58. The van der Waals surface area contributed by atoms with Crippen molar-refractivity contribution in [2.75, 3.05) is 13.1 Å². The van der Waals surface area contributed by atoms with Gasteiger partial charge in [-0.15, -0.1) is 11.3 Å². The molecule has 1 saturated heterocycles. The third-order valence-corrected chi connectivity index (χ3v) is 5.53. The standard InChI is InChI=1S/C19H22N4OS/c1-13-7-16(22-21-13)8-15-9-23(10-18(15)24)11-19-20-17(12-25-19)14-5-3-2-4-6-14/h2-7,12,15,18,24H,8-11H2,1H3,(H,21,22)/t15-,18-/m1/s1. The highest BCUT2D eigenvalue weighted by Crippen LogP contribution is 2.26. The van der Waals surface area contributed by atoms with Crippen molar-refractivity contribution in [2.24, 2.45) is 5.92 Å². The van der Waals surface area contributed by atoms with E-state index >= 15 is 0 Å². The van der Waals surface area contributed by atoms with E-state index in [0.29, 0.717) is 6.54 Å². The lowest BCUT2D eigenvalue weighted by molar-refractivity contribution is 0.140. The minimum atomic E-state index is -0.300. The van der Waals surface area contributed by atoms with E-state index in [0.717, 1.165) is 47.2 Å². The number of aliphatic hydroxyl groups excluding tert-OH is 1. The molecule has 0 spiro atoms. The summed E-state index contributed by atoms with van der Waals surface area (Å²) in [5.41, 5.74) is 4.28. The minimum absolute atomic E-state index is 0.233. The first kappa shape index (κ1) is 16.4. The van der Waals surface area contributed by atoms with Gasteiger partial charge in [-0.3, -0.25) is 10.00 Å². The number of likely N-dealkylation sites (tertiary alicyclic amines) is 1. The molecule has 0 amide bonds. The Hall–Kier alpha value is -2.02. The van der Waals surface area contributed by atoms with Crippen LogP contribution in [-0.2, 0) is 13.0 Å². The molecule has 0 aliphatic carbocycles. The fourth-order valence-electron chi connectivity index (χ4n) is 3.44. The van der Waals surface area contributed by atoms with E-state index in [9.17, 15) is 5.11 Å². The Kier molecular flexibility index (Phi) is 4.65. The fourth-order valence-corrected chi connectivity index (χ4v) is 4.28. The van der Waals surface area contributed by atoms with Crippen molar-refractivity contribution < 1.29 is 5.11 Å². The normalized spacial score (nSPS) is 21.0. The molecule has 1 aromatic carbocycles. The van der Waals surface area contributed by atoms with E-state index in [1.54, 1.807) is 11.3 Å². The molecule has 1 fully saturated rings. The number of nitrogens with one attached hydrogen (secondary N) is 1. The Balaban J connectivity index is 1.38. The molecule has 2 aromatic heterocycles. The first-order valence-corrected chi connectivity index (χ1v) is 9.46. The Morgan fingerprint density at radius 1 is 1.28 bits per heavy atom. The van der Waals surface area contributed by atoms with E-state index in [1.165, 1.54) is 0 Å². The lowest BCUT2D eigenvalue weighted by Gasteiger charge is -2.13. The molecule has 130 valence electrons. The molecule has 4 rings (SSSR count). The molecule has 0 bridgehead atoms. The van der Waals surface area contributed by atoms with Crippen LogP contribution in [0.4, 0.5) is 0 Å². The second-order valence-electron chi connectivity index (χ2n) is 6.76. The van der Waals surface area contributed by atoms with E-state index < -0.39 is 0 Å². The number of aliphatic hydroxyl groups is 1. The molecular weight excluding hydrogens is 332 g/mol. The van der Waals surface area contributed by atoms with E-state index in [4.69, 9.17) is 4.98 Å². The van der Waals surface area contributed by atoms with Crippen LogP contribution in [0.25, 0.3) is 11.3 Å². The highest BCUT2D eigenvalue weighted by atomic mass is 32.1. The lowest BCUT2D eigenvalue weighted by Crippen LogP contribution is -2.21. The number of nitrogens with zero attached hydrogens (tertiary/aromatic N) is 3. The number of thiazole rings is 1. The summed E-state index contributed by atoms with van der Waals surface area (Å²) in [6.07, 6.45) is 0.514. The summed E-state index contributed by atoms with van der Waals surface area (Å²) in [7, 11) is 0.